The second-order valence-electron chi connectivity index (χ2n) is 40.6. The van der Waals surface area contributed by atoms with Gasteiger partial charge >= 0.3 is 41.8 Å². The molecule has 7 N–H and O–H groups in total. The number of nitrogens with one attached hydrogen (secondary N) is 7. The molecule has 0 aliphatic carbocycles. The lowest BCUT2D eigenvalue weighted by atomic mass is 9.80. The monoisotopic (exact) mass is 1400 g/mol. The Morgan fingerprint density at radius 3 is 0.525 bits per heavy atom. The van der Waals surface area contributed by atoms with Gasteiger partial charge in [0.05, 0.1) is 44.3 Å². The molecule has 7 heterocycles. The molecule has 0 aromatic heterocycles. The van der Waals surface area contributed by atoms with Crippen LogP contribution in [0.15, 0.2) is 0 Å². The summed E-state index contributed by atoms with van der Waals surface area (Å²) >= 11 is 0. The average molecular weight is 1400 g/mol. The largest absolute Gasteiger partial charge is 0.462 e. The van der Waals surface area contributed by atoms with Crippen molar-refractivity contribution in [1.29, 1.82) is 0 Å². The summed E-state index contributed by atoms with van der Waals surface area (Å²) in [6.45, 7) is 57.6. The maximum absolute atomic E-state index is 14.6. The van der Waals surface area contributed by atoms with Gasteiger partial charge in [-0.25, -0.2) is 0 Å². The van der Waals surface area contributed by atoms with Crippen LogP contribution in [0.4, 0.5) is 0 Å². The number of ether oxygens (including phenoxy) is 7. The van der Waals surface area contributed by atoms with E-state index in [0.717, 1.165) is 0 Å². The minimum absolute atomic E-state index is 0.188. The summed E-state index contributed by atoms with van der Waals surface area (Å²) in [6, 6.07) is 0. The summed E-state index contributed by atoms with van der Waals surface area (Å²) in [5, 5.41) is 25.2. The van der Waals surface area contributed by atoms with Crippen LogP contribution in [0.1, 0.15) is 297 Å². The summed E-state index contributed by atoms with van der Waals surface area (Å²) in [7, 11) is 0. The molecule has 22 nitrogen and oxygen atoms in total. The number of carbonyl (C=O) groups is 7. The van der Waals surface area contributed by atoms with Crippen LogP contribution in [0.3, 0.4) is 0 Å². The Morgan fingerprint density at radius 1 is 0.242 bits per heavy atom. The number of nitrogens with zero attached hydrogens (tertiary/aromatic N) is 1. The highest BCUT2D eigenvalue weighted by molar-refractivity contribution is 5.89. The number of rotatable bonds is 20. The predicted octanol–water partition coefficient (Wildman–Crippen LogP) is 10.3. The normalized spacial score (nSPS) is 27.3. The first kappa shape index (κ1) is 83.9. The van der Waals surface area contributed by atoms with Crippen LogP contribution < -0.4 is 37.2 Å². The van der Waals surface area contributed by atoms with E-state index >= 15 is 0 Å². The molecule has 570 valence electrons. The highest BCUT2D eigenvalue weighted by atomic mass is 16.6. The van der Waals surface area contributed by atoms with E-state index in [1.807, 2.05) is 0 Å². The first-order valence-corrected chi connectivity index (χ1v) is 37.1. The summed E-state index contributed by atoms with van der Waals surface area (Å²) in [6.07, 6.45) is 5.09. The average Bonchev–Trinajstić information content (AvgIpc) is 0.833. The summed E-state index contributed by atoms with van der Waals surface area (Å²) < 4.78 is 42.6. The molecule has 0 aromatic carbocycles. The molecule has 7 rings (SSSR count). The van der Waals surface area contributed by atoms with E-state index < -0.39 is 90.9 Å². The molecule has 2 unspecified atom stereocenters. The molecule has 0 radical (unpaired) electrons. The number of hydrogen-bond donors (Lipinski definition) is 7. The van der Waals surface area contributed by atoms with Crippen molar-refractivity contribution in [3.8, 4) is 0 Å². The third-order valence-electron chi connectivity index (χ3n) is 20.0. The second kappa shape index (κ2) is 30.2. The molecule has 0 amide bonds. The van der Waals surface area contributed by atoms with E-state index in [1.165, 1.54) is 4.90 Å². The standard InChI is InChI=1S/C44H78N4O8.C33H60N4O6/c1-37(2)19-27(20-38(3,4)45-37)53-33(49)17-31(35(51)55-29-23-41(9,10)47-42(11,12)24-29)32(36(52)56-30-25-43(13,14)48-44(15,16)26-30)18-34(50)54-28-21-39(5,6)46-40(7,8)22-28;1-28(2)13-22(14-29(3,4)34-28)41-25(38)19-37(20-26(39)42-23-15-30(5,6)35-31(7,8)16-23)21-27(40)43-24-17-32(9,10)36-33(11,12)18-24/h27-32,45-48H,17-26H2,1-16H3;22-24,34-36H,13-21H2,1-12H3. The van der Waals surface area contributed by atoms with Crippen molar-refractivity contribution in [3.63, 3.8) is 0 Å². The van der Waals surface area contributed by atoms with E-state index in [9.17, 15) is 33.6 Å². The van der Waals surface area contributed by atoms with Gasteiger partial charge in [0, 0.05) is 167 Å². The maximum Gasteiger partial charge on any atom is 0.320 e. The first-order chi connectivity index (χ1) is 44.5. The molecule has 99 heavy (non-hydrogen) atoms. The Kier molecular flexibility index (Phi) is 25.6. The van der Waals surface area contributed by atoms with Crippen LogP contribution in [-0.2, 0) is 66.7 Å². The molecule has 7 saturated heterocycles. The zero-order valence-corrected chi connectivity index (χ0v) is 66.8. The zero-order chi connectivity index (χ0) is 75.1. The van der Waals surface area contributed by atoms with Gasteiger partial charge in [-0.2, -0.15) is 0 Å². The van der Waals surface area contributed by atoms with Crippen molar-refractivity contribution >= 4 is 41.8 Å². The van der Waals surface area contributed by atoms with Crippen LogP contribution in [0, 0.1) is 11.8 Å². The molecule has 0 aromatic rings. The topological polar surface area (TPSA) is 272 Å². The Bertz CT molecular complexity index is 2520. The van der Waals surface area contributed by atoms with Crippen molar-refractivity contribution in [1.82, 2.24) is 42.1 Å². The van der Waals surface area contributed by atoms with Gasteiger partial charge in [-0.15, -0.1) is 0 Å². The highest BCUT2D eigenvalue weighted by Crippen LogP contribution is 2.40. The molecule has 0 spiro atoms. The fourth-order valence-electron chi connectivity index (χ4n) is 19.7. The Labute approximate surface area is 596 Å². The van der Waals surface area contributed by atoms with E-state index in [0.29, 0.717) is 89.9 Å². The molecular weight excluding hydrogens is 1260 g/mol. The summed E-state index contributed by atoms with van der Waals surface area (Å²) in [5.74, 6) is -6.73. The molecule has 7 aliphatic heterocycles. The number of hydrogen-bond acceptors (Lipinski definition) is 22. The van der Waals surface area contributed by atoms with Crippen molar-refractivity contribution in [2.75, 3.05) is 19.6 Å². The molecule has 0 bridgehead atoms. The van der Waals surface area contributed by atoms with Gasteiger partial charge in [-0.3, -0.25) is 38.5 Å². The Morgan fingerprint density at radius 2 is 0.374 bits per heavy atom. The first-order valence-electron chi connectivity index (χ1n) is 37.1. The van der Waals surface area contributed by atoms with Gasteiger partial charge in [0.25, 0.3) is 0 Å². The van der Waals surface area contributed by atoms with E-state index in [-0.39, 0.29) is 115 Å². The van der Waals surface area contributed by atoms with Crippen LogP contribution in [0.2, 0.25) is 0 Å². The summed E-state index contributed by atoms with van der Waals surface area (Å²) in [5.41, 5.74) is -3.60. The van der Waals surface area contributed by atoms with Crippen LogP contribution in [0.25, 0.3) is 0 Å². The van der Waals surface area contributed by atoms with Gasteiger partial charge in [0.15, 0.2) is 0 Å². The zero-order valence-electron chi connectivity index (χ0n) is 66.8. The summed E-state index contributed by atoms with van der Waals surface area (Å²) in [4.78, 5) is 98.5. The smallest absolute Gasteiger partial charge is 0.320 e. The Hall–Kier alpha value is -4.03. The number of piperidine rings is 7. The van der Waals surface area contributed by atoms with Crippen molar-refractivity contribution in [2.45, 2.75) is 417 Å². The van der Waals surface area contributed by atoms with Crippen molar-refractivity contribution in [2.24, 2.45) is 11.8 Å². The van der Waals surface area contributed by atoms with Gasteiger partial charge in [-0.1, -0.05) is 0 Å². The van der Waals surface area contributed by atoms with Gasteiger partial charge in [-0.05, 0) is 194 Å². The molecule has 7 aliphatic rings. The maximum atomic E-state index is 14.6. The minimum atomic E-state index is -1.34. The fraction of sp³-hybridized carbons (Fsp3) is 0.909. The van der Waals surface area contributed by atoms with Gasteiger partial charge in [0.1, 0.15) is 42.7 Å². The minimum Gasteiger partial charge on any atom is -0.462 e. The molecule has 22 heteroatoms. The van der Waals surface area contributed by atoms with Crippen LogP contribution >= 0.6 is 0 Å². The quantitative estimate of drug-likeness (QED) is 0.0441. The van der Waals surface area contributed by atoms with E-state index in [4.69, 9.17) is 33.2 Å². The third kappa shape index (κ3) is 28.2. The van der Waals surface area contributed by atoms with Gasteiger partial charge < -0.3 is 70.4 Å². The van der Waals surface area contributed by atoms with Crippen molar-refractivity contribution in [3.05, 3.63) is 0 Å². The molecule has 2 atom stereocenters. The lowest BCUT2D eigenvalue weighted by Gasteiger charge is -2.47. The highest BCUT2D eigenvalue weighted by Gasteiger charge is 2.50. The lowest BCUT2D eigenvalue weighted by Crippen LogP contribution is -2.60. The fourth-order valence-corrected chi connectivity index (χ4v) is 19.7. The SMILES string of the molecule is CC1(C)CC(OC(=O)CC(C(=O)OC2CC(C)(C)NC(C)(C)C2)C(CC(=O)OC2CC(C)(C)NC(C)(C)C2)C(=O)OC2CC(C)(C)NC(C)(C)C2)CC(C)(C)N1.CC1(C)CC(OC(=O)CN(CC(=O)OC2CC(C)(C)NC(C)(C)C2)CC(=O)OC2CC(C)(C)NC(C)(C)C2)CC(C)(C)N1. The number of carbonyl (C=O) groups excluding carboxylic acids is 7. The molecule has 7 fully saturated rings. The lowest BCUT2D eigenvalue weighted by molar-refractivity contribution is -0.178. The molecular formula is C77H138N8O14. The van der Waals surface area contributed by atoms with Crippen LogP contribution in [-0.4, -0.2) is 187 Å². The second-order valence-corrected chi connectivity index (χ2v) is 40.6. The number of esters is 7. The predicted molar refractivity (Wildman–Crippen MR) is 386 cm³/mol. The Balaban J connectivity index is 0.000000323. The van der Waals surface area contributed by atoms with E-state index in [1.54, 1.807) is 0 Å². The van der Waals surface area contributed by atoms with E-state index in [2.05, 4.69) is 231 Å². The van der Waals surface area contributed by atoms with Crippen LogP contribution in [0.5, 0.6) is 0 Å². The molecule has 0 saturated carbocycles. The van der Waals surface area contributed by atoms with Gasteiger partial charge in [0.2, 0.25) is 0 Å². The third-order valence-corrected chi connectivity index (χ3v) is 20.0. The van der Waals surface area contributed by atoms with Crippen molar-refractivity contribution < 1.29 is 66.7 Å².